The van der Waals surface area contributed by atoms with Crippen LogP contribution in [0, 0.1) is 11.8 Å². The molecule has 1 aromatic rings. The number of carbonyl (C=O) groups is 1. The molecule has 1 aromatic carbocycles. The summed E-state index contributed by atoms with van der Waals surface area (Å²) in [5.41, 5.74) is 0.788. The van der Waals surface area contributed by atoms with Crippen LogP contribution in [0.5, 0.6) is 5.75 Å². The number of primary sulfonamides is 1. The molecule has 0 saturated heterocycles. The summed E-state index contributed by atoms with van der Waals surface area (Å²) in [6, 6.07) is 3.00. The number of ether oxygens (including phenoxy) is 1. The molecule has 2 rings (SSSR count). The predicted molar refractivity (Wildman–Crippen MR) is 128 cm³/mol. The van der Waals surface area contributed by atoms with Gasteiger partial charge in [0.2, 0.25) is 10.0 Å². The molecule has 0 heterocycles. The average Bonchev–Trinajstić information content (AvgIpc) is 3.01. The Kier molecular flexibility index (Phi) is 9.36. The monoisotopic (exact) mass is 459 g/mol. The first kappa shape index (κ1) is 25.5. The smallest absolute Gasteiger partial charge is 0.253 e. The number of unbranched alkanes of at least 4 members (excludes halogenated alkanes) is 2. The van der Waals surface area contributed by atoms with Gasteiger partial charge in [-0.2, -0.15) is 0 Å². The van der Waals surface area contributed by atoms with E-state index >= 15 is 0 Å². The Morgan fingerprint density at radius 3 is 2.38 bits per heavy atom. The molecular weight excluding hydrogens is 426 g/mol. The lowest BCUT2D eigenvalue weighted by atomic mass is 10.1. The van der Waals surface area contributed by atoms with Crippen LogP contribution in [0.4, 0.5) is 5.69 Å². The van der Waals surface area contributed by atoms with Crippen molar-refractivity contribution in [2.75, 3.05) is 32.1 Å². The summed E-state index contributed by atoms with van der Waals surface area (Å²) in [7, 11) is -0.935. The first-order valence-corrected chi connectivity index (χ1v) is 12.4. The van der Waals surface area contributed by atoms with Crippen LogP contribution in [-0.2, 0) is 10.0 Å². The quantitative estimate of drug-likeness (QED) is 0.510. The van der Waals surface area contributed by atoms with Crippen molar-refractivity contribution in [1.82, 2.24) is 4.90 Å². The fourth-order valence-electron chi connectivity index (χ4n) is 3.22. The molecule has 0 saturated carbocycles. The third kappa shape index (κ3) is 6.87. The number of nitrogens with zero attached hydrogens (tertiary/aromatic N) is 2. The maximum absolute atomic E-state index is 12.8. The van der Waals surface area contributed by atoms with Gasteiger partial charge in [-0.1, -0.05) is 38.5 Å². The van der Waals surface area contributed by atoms with Crippen molar-refractivity contribution >= 4 is 21.6 Å². The molecule has 0 aliphatic heterocycles. The lowest BCUT2D eigenvalue weighted by Crippen LogP contribution is -2.29. The molecule has 8 heteroatoms. The third-order valence-corrected chi connectivity index (χ3v) is 5.87. The van der Waals surface area contributed by atoms with Crippen molar-refractivity contribution in [3.63, 3.8) is 0 Å². The summed E-state index contributed by atoms with van der Waals surface area (Å²) in [5, 5.41) is 5.59. The highest BCUT2D eigenvalue weighted by Gasteiger charge is 2.26. The number of rotatable bonds is 11. The van der Waals surface area contributed by atoms with Crippen LogP contribution < -0.4 is 14.8 Å². The van der Waals surface area contributed by atoms with Crippen LogP contribution in [0.25, 0.3) is 0 Å². The Morgan fingerprint density at radius 1 is 1.16 bits per heavy atom. The van der Waals surface area contributed by atoms with E-state index < -0.39 is 10.0 Å². The standard InChI is InChI=1S/C24H33N3O4S/c1-5-7-15-27(16-8-6-2)21-17-19(24(28)26(3)4)18-22(32(25,29)30)23(21)31-20-13-11-9-10-12-14-20/h11,13-14,17-18H,5-8,12,15-16H2,1-4H3,(H2,25,29,30). The first-order valence-electron chi connectivity index (χ1n) is 10.9. The van der Waals surface area contributed by atoms with Crippen LogP contribution in [0.3, 0.4) is 0 Å². The molecule has 32 heavy (non-hydrogen) atoms. The first-order chi connectivity index (χ1) is 15.2. The van der Waals surface area contributed by atoms with Crippen LogP contribution in [0.2, 0.25) is 0 Å². The molecule has 1 amide bonds. The van der Waals surface area contributed by atoms with Gasteiger partial charge in [0.1, 0.15) is 10.7 Å². The van der Waals surface area contributed by atoms with Gasteiger partial charge in [0.15, 0.2) is 5.75 Å². The van der Waals surface area contributed by atoms with Crippen LogP contribution in [0.1, 0.15) is 56.3 Å². The van der Waals surface area contributed by atoms with Crippen molar-refractivity contribution in [2.45, 2.75) is 50.8 Å². The number of carbonyl (C=O) groups excluding carboxylic acids is 1. The molecule has 0 fully saturated rings. The van der Waals surface area contributed by atoms with E-state index in [1.165, 1.54) is 11.0 Å². The van der Waals surface area contributed by atoms with Crippen molar-refractivity contribution in [2.24, 2.45) is 5.14 Å². The van der Waals surface area contributed by atoms with E-state index in [1.54, 1.807) is 38.4 Å². The molecule has 0 aromatic heterocycles. The molecule has 1 aliphatic rings. The van der Waals surface area contributed by atoms with E-state index in [0.717, 1.165) is 25.7 Å². The Balaban J connectivity index is 2.74. The number of amides is 1. The number of hydrogen-bond donors (Lipinski definition) is 1. The number of allylic oxidation sites excluding steroid dienone is 3. The summed E-state index contributed by atoms with van der Waals surface area (Å²) in [6.45, 7) is 5.60. The van der Waals surface area contributed by atoms with Crippen molar-refractivity contribution in [3.8, 4) is 17.6 Å². The van der Waals surface area contributed by atoms with E-state index in [9.17, 15) is 13.2 Å². The minimum Gasteiger partial charge on any atom is -0.454 e. The molecule has 0 unspecified atom stereocenters. The van der Waals surface area contributed by atoms with Gasteiger partial charge in [0, 0.05) is 39.2 Å². The molecule has 0 atom stereocenters. The SMILES string of the molecule is CCCCN(CCCC)c1cc(C(=O)N(C)C)cc(S(N)(=O)=O)c1OC1=CCC#CC=C1. The van der Waals surface area contributed by atoms with E-state index in [2.05, 4.69) is 30.6 Å². The minimum absolute atomic E-state index is 0.132. The van der Waals surface area contributed by atoms with Gasteiger partial charge < -0.3 is 14.5 Å². The Morgan fingerprint density at radius 2 is 1.81 bits per heavy atom. The van der Waals surface area contributed by atoms with E-state index in [4.69, 9.17) is 9.88 Å². The van der Waals surface area contributed by atoms with Gasteiger partial charge in [0.05, 0.1) is 5.69 Å². The average molecular weight is 460 g/mol. The Hall–Kier alpha value is -2.76. The normalized spacial score (nSPS) is 13.0. The molecule has 0 radical (unpaired) electrons. The highest BCUT2D eigenvalue weighted by atomic mass is 32.2. The number of sulfonamides is 1. The van der Waals surface area contributed by atoms with E-state index in [1.807, 2.05) is 0 Å². The van der Waals surface area contributed by atoms with Crippen molar-refractivity contribution in [1.29, 1.82) is 0 Å². The van der Waals surface area contributed by atoms with E-state index in [0.29, 0.717) is 31.0 Å². The highest BCUT2D eigenvalue weighted by molar-refractivity contribution is 7.89. The lowest BCUT2D eigenvalue weighted by Gasteiger charge is -2.29. The molecule has 174 valence electrons. The summed E-state index contributed by atoms with van der Waals surface area (Å²) in [5.74, 6) is 6.10. The fraction of sp³-hybridized carbons (Fsp3) is 0.458. The Bertz CT molecular complexity index is 1040. The van der Waals surface area contributed by atoms with Gasteiger partial charge >= 0.3 is 0 Å². The highest BCUT2D eigenvalue weighted by Crippen LogP contribution is 2.38. The fourth-order valence-corrected chi connectivity index (χ4v) is 3.92. The summed E-state index contributed by atoms with van der Waals surface area (Å²) < 4.78 is 31.3. The second kappa shape index (κ2) is 11.7. The summed E-state index contributed by atoms with van der Waals surface area (Å²) in [6.07, 6.45) is 9.39. The summed E-state index contributed by atoms with van der Waals surface area (Å²) >= 11 is 0. The zero-order valence-corrected chi connectivity index (χ0v) is 20.2. The maximum atomic E-state index is 12.8. The van der Waals surface area contributed by atoms with Gasteiger partial charge in [-0.15, -0.1) is 0 Å². The lowest BCUT2D eigenvalue weighted by molar-refractivity contribution is 0.0827. The number of hydrogen-bond acceptors (Lipinski definition) is 5. The zero-order chi connectivity index (χ0) is 23.7. The van der Waals surface area contributed by atoms with Gasteiger partial charge in [-0.3, -0.25) is 4.79 Å². The minimum atomic E-state index is -4.18. The Labute approximate surface area is 192 Å². The van der Waals surface area contributed by atoms with Crippen LogP contribution >= 0.6 is 0 Å². The van der Waals surface area contributed by atoms with Gasteiger partial charge in [-0.05, 0) is 43.2 Å². The maximum Gasteiger partial charge on any atom is 0.253 e. The largest absolute Gasteiger partial charge is 0.454 e. The second-order valence-electron chi connectivity index (χ2n) is 7.83. The molecule has 2 N–H and O–H groups in total. The number of nitrogens with two attached hydrogens (primary N) is 1. The summed E-state index contributed by atoms with van der Waals surface area (Å²) in [4.78, 5) is 16.0. The molecule has 7 nitrogen and oxygen atoms in total. The van der Waals surface area contributed by atoms with E-state index in [-0.39, 0.29) is 22.1 Å². The second-order valence-corrected chi connectivity index (χ2v) is 9.36. The van der Waals surface area contributed by atoms with Gasteiger partial charge in [0.25, 0.3) is 5.91 Å². The predicted octanol–water partition coefficient (Wildman–Crippen LogP) is 3.67. The van der Waals surface area contributed by atoms with Crippen LogP contribution in [-0.4, -0.2) is 46.4 Å². The van der Waals surface area contributed by atoms with Crippen molar-refractivity contribution < 1.29 is 17.9 Å². The number of benzene rings is 1. The molecule has 0 spiro atoms. The van der Waals surface area contributed by atoms with Crippen molar-refractivity contribution in [3.05, 3.63) is 41.7 Å². The van der Waals surface area contributed by atoms with Gasteiger partial charge in [-0.25, -0.2) is 13.6 Å². The number of anilines is 1. The molecule has 0 bridgehead atoms. The zero-order valence-electron chi connectivity index (χ0n) is 19.3. The molecule has 1 aliphatic carbocycles. The third-order valence-electron chi connectivity index (χ3n) is 4.96. The molecular formula is C24H33N3O4S. The topological polar surface area (TPSA) is 92.9 Å². The van der Waals surface area contributed by atoms with Crippen LogP contribution in [0.15, 0.2) is 41.0 Å².